The van der Waals surface area contributed by atoms with E-state index in [2.05, 4.69) is 5.32 Å². The van der Waals surface area contributed by atoms with Crippen molar-refractivity contribution in [2.24, 2.45) is 0 Å². The second kappa shape index (κ2) is 8.50. The van der Waals surface area contributed by atoms with E-state index in [1.165, 1.54) is 38.1 Å². The van der Waals surface area contributed by atoms with Gasteiger partial charge in [-0.15, -0.1) is 0 Å². The maximum absolute atomic E-state index is 12.7. The zero-order chi connectivity index (χ0) is 23.7. The fourth-order valence-corrected chi connectivity index (χ4v) is 3.15. The molecule has 1 aliphatic rings. The average molecular weight is 451 g/mol. The molecule has 0 aliphatic carbocycles. The Labute approximate surface area is 181 Å². The Morgan fingerprint density at radius 1 is 1.09 bits per heavy atom. The summed E-state index contributed by atoms with van der Waals surface area (Å²) in [5, 5.41) is 12.5. The number of halogens is 3. The van der Waals surface area contributed by atoms with Crippen LogP contribution in [0, 0.1) is 0 Å². The van der Waals surface area contributed by atoms with Crippen molar-refractivity contribution < 1.29 is 37.5 Å². The minimum absolute atomic E-state index is 0.0492. The van der Waals surface area contributed by atoms with Gasteiger partial charge in [-0.1, -0.05) is 24.3 Å². The predicted molar refractivity (Wildman–Crippen MR) is 105 cm³/mol. The van der Waals surface area contributed by atoms with Crippen LogP contribution in [-0.4, -0.2) is 51.8 Å². The van der Waals surface area contributed by atoms with Gasteiger partial charge in [0.1, 0.15) is 17.9 Å². The van der Waals surface area contributed by atoms with Crippen LogP contribution in [0.1, 0.15) is 19.4 Å². The number of ether oxygens (including phenoxy) is 1. The lowest BCUT2D eigenvalue weighted by Crippen LogP contribution is -2.53. The molecule has 1 heterocycles. The molecule has 0 radical (unpaired) electrons. The van der Waals surface area contributed by atoms with E-state index in [-0.39, 0.29) is 17.2 Å². The van der Waals surface area contributed by atoms with Crippen molar-refractivity contribution in [3.8, 4) is 16.9 Å². The van der Waals surface area contributed by atoms with Crippen molar-refractivity contribution in [1.29, 1.82) is 0 Å². The van der Waals surface area contributed by atoms with Crippen molar-refractivity contribution in [2.45, 2.75) is 31.7 Å². The minimum atomic E-state index is -4.42. The molecule has 1 atom stereocenters. The smallest absolute Gasteiger partial charge is 0.416 e. The van der Waals surface area contributed by atoms with Crippen molar-refractivity contribution >= 4 is 18.3 Å². The Kier molecular flexibility index (Phi) is 6.13. The first-order valence-corrected chi connectivity index (χ1v) is 9.43. The van der Waals surface area contributed by atoms with E-state index in [9.17, 15) is 32.8 Å². The number of nitrogens with one attached hydrogen (secondary N) is 1. The van der Waals surface area contributed by atoms with E-state index >= 15 is 0 Å². The summed E-state index contributed by atoms with van der Waals surface area (Å²) in [6, 6.07) is 10.2. The van der Waals surface area contributed by atoms with Crippen molar-refractivity contribution in [2.75, 3.05) is 6.61 Å². The monoisotopic (exact) mass is 451 g/mol. The Morgan fingerprint density at radius 2 is 1.62 bits per heavy atom. The quantitative estimate of drug-likeness (QED) is 0.291. The number of carbonyl (C=O) groups excluding carboxylic acids is 3. The molecule has 32 heavy (non-hydrogen) atoms. The number of hydrogen-bond acceptors (Lipinski definition) is 5. The fraction of sp³-hybridized carbons (Fsp3) is 0.286. The molecule has 170 valence electrons. The first kappa shape index (κ1) is 23.1. The van der Waals surface area contributed by atoms with Crippen LogP contribution in [0.2, 0.25) is 0 Å². The SMILES string of the molecule is CC1(C)NC(=O)N(C(COc2ccc(-c3ccc(C(F)(F)F)cc3)cc2)N(O)C=O)C1=O. The normalized spacial score (nSPS) is 16.5. The van der Waals surface area contributed by atoms with Crippen LogP contribution < -0.4 is 10.1 Å². The molecule has 0 saturated carbocycles. The molecule has 1 fully saturated rings. The summed E-state index contributed by atoms with van der Waals surface area (Å²) in [7, 11) is 0. The molecule has 0 spiro atoms. The van der Waals surface area contributed by atoms with Gasteiger partial charge in [-0.05, 0) is 49.2 Å². The van der Waals surface area contributed by atoms with E-state index in [4.69, 9.17) is 4.74 Å². The van der Waals surface area contributed by atoms with Crippen LogP contribution in [0.3, 0.4) is 0 Å². The Hall–Kier alpha value is -3.60. The molecule has 11 heteroatoms. The number of amides is 4. The lowest BCUT2D eigenvalue weighted by Gasteiger charge is -2.29. The number of hydroxylamine groups is 2. The van der Waals surface area contributed by atoms with Crippen molar-refractivity contribution in [1.82, 2.24) is 15.3 Å². The van der Waals surface area contributed by atoms with Gasteiger partial charge in [0.25, 0.3) is 5.91 Å². The number of urea groups is 1. The van der Waals surface area contributed by atoms with E-state index in [0.717, 1.165) is 12.1 Å². The lowest BCUT2D eigenvalue weighted by atomic mass is 10.0. The summed E-state index contributed by atoms with van der Waals surface area (Å²) in [4.78, 5) is 36.4. The van der Waals surface area contributed by atoms with Gasteiger partial charge in [0, 0.05) is 0 Å². The number of alkyl halides is 3. The molecule has 4 amide bonds. The number of nitrogens with zero attached hydrogens (tertiary/aromatic N) is 2. The summed E-state index contributed by atoms with van der Waals surface area (Å²) in [5.41, 5.74) is -0.760. The van der Waals surface area contributed by atoms with E-state index in [1.54, 1.807) is 12.1 Å². The van der Waals surface area contributed by atoms with Crippen LogP contribution >= 0.6 is 0 Å². The third kappa shape index (κ3) is 4.67. The maximum Gasteiger partial charge on any atom is 0.416 e. The zero-order valence-electron chi connectivity index (χ0n) is 17.1. The second-order valence-corrected chi connectivity index (χ2v) is 7.61. The largest absolute Gasteiger partial charge is 0.489 e. The standard InChI is InChI=1S/C21H20F3N3O5/c1-20(2)18(29)27(19(30)25-20)17(26(31)12-28)11-32-16-9-5-14(6-10-16)13-3-7-15(8-4-13)21(22,23)24/h3-10,12,17,31H,11H2,1-2H3,(H,25,30). The van der Waals surface area contributed by atoms with Gasteiger partial charge >= 0.3 is 12.2 Å². The van der Waals surface area contributed by atoms with E-state index < -0.39 is 42.0 Å². The average Bonchev–Trinajstić information content (AvgIpc) is 2.95. The first-order chi connectivity index (χ1) is 14.9. The molecular formula is C21H20F3N3O5. The second-order valence-electron chi connectivity index (χ2n) is 7.61. The molecule has 0 aromatic heterocycles. The first-order valence-electron chi connectivity index (χ1n) is 9.43. The van der Waals surface area contributed by atoms with Crippen LogP contribution in [0.5, 0.6) is 5.75 Å². The number of hydrogen-bond donors (Lipinski definition) is 2. The van der Waals surface area contributed by atoms with Gasteiger partial charge in [0.05, 0.1) is 5.56 Å². The van der Waals surface area contributed by atoms with Crippen LogP contribution in [0.25, 0.3) is 11.1 Å². The highest BCUT2D eigenvalue weighted by molar-refractivity contribution is 6.06. The summed E-state index contributed by atoms with van der Waals surface area (Å²) in [6.45, 7) is 2.55. The van der Waals surface area contributed by atoms with E-state index in [1.807, 2.05) is 0 Å². The van der Waals surface area contributed by atoms with Gasteiger partial charge in [-0.25, -0.2) is 9.69 Å². The number of benzene rings is 2. The molecule has 1 unspecified atom stereocenters. The molecule has 2 aromatic carbocycles. The van der Waals surface area contributed by atoms with Crippen LogP contribution in [0.4, 0.5) is 18.0 Å². The summed E-state index contributed by atoms with van der Waals surface area (Å²) in [6.07, 6.45) is -5.78. The van der Waals surface area contributed by atoms with Gasteiger partial charge in [-0.2, -0.15) is 18.2 Å². The number of imide groups is 1. The molecule has 3 rings (SSSR count). The fourth-order valence-electron chi connectivity index (χ4n) is 3.15. The number of carbonyl (C=O) groups is 3. The topological polar surface area (TPSA) is 99.2 Å². The Morgan fingerprint density at radius 3 is 2.06 bits per heavy atom. The molecule has 8 nitrogen and oxygen atoms in total. The molecule has 2 aromatic rings. The highest BCUT2D eigenvalue weighted by Gasteiger charge is 2.49. The van der Waals surface area contributed by atoms with Crippen molar-refractivity contribution in [3.63, 3.8) is 0 Å². The molecular weight excluding hydrogens is 431 g/mol. The molecule has 0 bridgehead atoms. The Bertz CT molecular complexity index is 1010. The van der Waals surface area contributed by atoms with Gasteiger partial charge in [0.15, 0.2) is 6.17 Å². The van der Waals surface area contributed by atoms with Crippen LogP contribution in [-0.2, 0) is 15.8 Å². The highest BCUT2D eigenvalue weighted by Crippen LogP contribution is 2.31. The van der Waals surface area contributed by atoms with Gasteiger partial charge < -0.3 is 10.1 Å². The van der Waals surface area contributed by atoms with Crippen LogP contribution in [0.15, 0.2) is 48.5 Å². The lowest BCUT2D eigenvalue weighted by molar-refractivity contribution is -0.180. The Balaban J connectivity index is 1.72. The molecule has 1 aliphatic heterocycles. The summed E-state index contributed by atoms with van der Waals surface area (Å²) < 4.78 is 43.6. The third-order valence-electron chi connectivity index (χ3n) is 4.90. The third-order valence-corrected chi connectivity index (χ3v) is 4.90. The summed E-state index contributed by atoms with van der Waals surface area (Å²) in [5.74, 6) is -0.356. The number of rotatable bonds is 7. The molecule has 1 saturated heterocycles. The van der Waals surface area contributed by atoms with Crippen molar-refractivity contribution in [3.05, 3.63) is 54.1 Å². The van der Waals surface area contributed by atoms with Gasteiger partial charge in [0.2, 0.25) is 6.41 Å². The molecule has 2 N–H and O–H groups in total. The summed E-state index contributed by atoms with van der Waals surface area (Å²) >= 11 is 0. The maximum atomic E-state index is 12.7. The van der Waals surface area contributed by atoms with Gasteiger partial charge in [-0.3, -0.25) is 14.8 Å². The highest BCUT2D eigenvalue weighted by atomic mass is 19.4. The minimum Gasteiger partial charge on any atom is -0.489 e. The zero-order valence-corrected chi connectivity index (χ0v) is 17.1. The predicted octanol–water partition coefficient (Wildman–Crippen LogP) is 3.26. The van der Waals surface area contributed by atoms with E-state index in [0.29, 0.717) is 16.0 Å².